The van der Waals surface area contributed by atoms with E-state index in [2.05, 4.69) is 20.2 Å². The highest BCUT2D eigenvalue weighted by atomic mass is 35.5. The van der Waals surface area contributed by atoms with E-state index in [1.54, 1.807) is 30.3 Å². The molecule has 1 aliphatic heterocycles. The Kier molecular flexibility index (Phi) is 5.87. The summed E-state index contributed by atoms with van der Waals surface area (Å²) in [5, 5.41) is 4.25. The number of aromatic nitrogens is 3. The van der Waals surface area contributed by atoms with E-state index < -0.39 is 0 Å². The zero-order valence-electron chi connectivity index (χ0n) is 18.8. The van der Waals surface area contributed by atoms with Crippen molar-refractivity contribution < 1.29 is 9.18 Å². The number of hydrogen-bond donors (Lipinski definition) is 1. The molecule has 1 amide bonds. The number of halogens is 2. The standard InChI is InChI=1S/C26H23ClFN5O/c1-15(29-26(34)17-5-7-18(27)8-6-17)21-11-12-24-23(32-21)4-3-13-33(24)25-20-14-19(28)9-10-22(20)30-16(2)31-25/h5-12,14-15H,3-4,13H2,1-2H3,(H,29,34). The van der Waals surface area contributed by atoms with Gasteiger partial charge in [0.2, 0.25) is 0 Å². The molecule has 1 N–H and O–H groups in total. The van der Waals surface area contributed by atoms with Gasteiger partial charge < -0.3 is 10.2 Å². The molecule has 0 fully saturated rings. The van der Waals surface area contributed by atoms with Crippen LogP contribution in [0.25, 0.3) is 10.9 Å². The van der Waals surface area contributed by atoms with E-state index in [1.165, 1.54) is 12.1 Å². The minimum atomic E-state index is -0.322. The van der Waals surface area contributed by atoms with Gasteiger partial charge >= 0.3 is 0 Å². The second kappa shape index (κ2) is 8.99. The van der Waals surface area contributed by atoms with Crippen LogP contribution in [0.1, 0.15) is 47.0 Å². The Morgan fingerprint density at radius 2 is 1.88 bits per heavy atom. The zero-order chi connectivity index (χ0) is 23.8. The number of amides is 1. The molecule has 34 heavy (non-hydrogen) atoms. The number of nitrogens with one attached hydrogen (secondary N) is 1. The summed E-state index contributed by atoms with van der Waals surface area (Å²) in [5.74, 6) is 0.804. The van der Waals surface area contributed by atoms with Gasteiger partial charge in [0.15, 0.2) is 0 Å². The number of anilines is 2. The molecule has 0 saturated carbocycles. The van der Waals surface area contributed by atoms with Gasteiger partial charge in [0.1, 0.15) is 17.5 Å². The molecule has 0 bridgehead atoms. The van der Waals surface area contributed by atoms with E-state index in [9.17, 15) is 9.18 Å². The first-order valence-electron chi connectivity index (χ1n) is 11.2. The Morgan fingerprint density at radius 3 is 2.68 bits per heavy atom. The van der Waals surface area contributed by atoms with Gasteiger partial charge in [-0.2, -0.15) is 0 Å². The SMILES string of the molecule is Cc1nc(N2CCCc3nc(C(C)NC(=O)c4ccc(Cl)cc4)ccc32)c2cc(F)ccc2n1. The molecule has 0 saturated heterocycles. The minimum absolute atomic E-state index is 0.185. The molecular formula is C26H23ClFN5O. The Bertz CT molecular complexity index is 1390. The van der Waals surface area contributed by atoms with Crippen LogP contribution in [0.2, 0.25) is 5.02 Å². The summed E-state index contributed by atoms with van der Waals surface area (Å²) in [6.07, 6.45) is 1.70. The van der Waals surface area contributed by atoms with Crippen LogP contribution in [0.15, 0.2) is 54.6 Å². The van der Waals surface area contributed by atoms with Crippen LogP contribution in [0, 0.1) is 12.7 Å². The number of hydrogen-bond acceptors (Lipinski definition) is 5. The van der Waals surface area contributed by atoms with Crippen molar-refractivity contribution in [3.8, 4) is 0 Å². The fourth-order valence-electron chi connectivity index (χ4n) is 4.29. The monoisotopic (exact) mass is 475 g/mol. The first kappa shape index (κ1) is 22.2. The fourth-order valence-corrected chi connectivity index (χ4v) is 4.41. The second-order valence-electron chi connectivity index (χ2n) is 8.42. The van der Waals surface area contributed by atoms with Crippen LogP contribution < -0.4 is 10.2 Å². The molecule has 4 aromatic rings. The van der Waals surface area contributed by atoms with Crippen molar-refractivity contribution in [1.82, 2.24) is 20.3 Å². The predicted molar refractivity (Wildman–Crippen MR) is 131 cm³/mol. The number of carbonyl (C=O) groups is 1. The van der Waals surface area contributed by atoms with Crippen molar-refractivity contribution in [2.75, 3.05) is 11.4 Å². The quantitative estimate of drug-likeness (QED) is 0.410. The molecule has 3 heterocycles. The van der Waals surface area contributed by atoms with Gasteiger partial charge in [0.25, 0.3) is 5.91 Å². The van der Waals surface area contributed by atoms with Gasteiger partial charge in [-0.3, -0.25) is 9.78 Å². The zero-order valence-corrected chi connectivity index (χ0v) is 19.6. The lowest BCUT2D eigenvalue weighted by molar-refractivity contribution is 0.0939. The molecule has 0 aliphatic carbocycles. The predicted octanol–water partition coefficient (Wildman–Crippen LogP) is 5.70. The van der Waals surface area contributed by atoms with E-state index >= 15 is 0 Å². The van der Waals surface area contributed by atoms with Gasteiger partial charge in [-0.05, 0) is 81.3 Å². The highest BCUT2D eigenvalue weighted by molar-refractivity contribution is 6.30. The number of rotatable bonds is 4. The molecule has 2 aromatic carbocycles. The third-order valence-electron chi connectivity index (χ3n) is 5.96. The summed E-state index contributed by atoms with van der Waals surface area (Å²) in [5.41, 5.74) is 3.89. The number of pyridine rings is 1. The Hall–Kier alpha value is -3.58. The first-order valence-corrected chi connectivity index (χ1v) is 11.5. The second-order valence-corrected chi connectivity index (χ2v) is 8.85. The summed E-state index contributed by atoms with van der Waals surface area (Å²) in [6, 6.07) is 15.0. The number of fused-ring (bicyclic) bond motifs is 2. The highest BCUT2D eigenvalue weighted by Gasteiger charge is 2.24. The fraction of sp³-hybridized carbons (Fsp3) is 0.231. The smallest absolute Gasteiger partial charge is 0.251 e. The molecule has 1 atom stereocenters. The third-order valence-corrected chi connectivity index (χ3v) is 6.21. The number of nitrogens with zero attached hydrogens (tertiary/aromatic N) is 4. The van der Waals surface area contributed by atoms with Gasteiger partial charge in [-0.15, -0.1) is 0 Å². The first-order chi connectivity index (χ1) is 16.4. The maximum Gasteiger partial charge on any atom is 0.251 e. The Labute approximate surface area is 201 Å². The molecule has 8 heteroatoms. The molecule has 1 unspecified atom stereocenters. The van der Waals surface area contributed by atoms with Crippen molar-refractivity contribution >= 4 is 39.9 Å². The van der Waals surface area contributed by atoms with Crippen molar-refractivity contribution in [3.05, 3.63) is 88.2 Å². The lowest BCUT2D eigenvalue weighted by Gasteiger charge is -2.31. The van der Waals surface area contributed by atoms with Crippen LogP contribution in [-0.4, -0.2) is 27.4 Å². The number of aryl methyl sites for hydroxylation is 2. The molecule has 0 radical (unpaired) electrons. The van der Waals surface area contributed by atoms with Crippen molar-refractivity contribution in [2.45, 2.75) is 32.7 Å². The van der Waals surface area contributed by atoms with Crippen molar-refractivity contribution in [2.24, 2.45) is 0 Å². The highest BCUT2D eigenvalue weighted by Crippen LogP contribution is 2.36. The maximum absolute atomic E-state index is 14.0. The molecular weight excluding hydrogens is 453 g/mol. The van der Waals surface area contributed by atoms with Gasteiger partial charge in [-0.25, -0.2) is 14.4 Å². The third kappa shape index (κ3) is 4.31. The molecule has 6 nitrogen and oxygen atoms in total. The van der Waals surface area contributed by atoms with Crippen LogP contribution in [0.3, 0.4) is 0 Å². The van der Waals surface area contributed by atoms with Gasteiger partial charge in [0.05, 0.1) is 28.6 Å². The Balaban J connectivity index is 1.45. The van der Waals surface area contributed by atoms with Crippen molar-refractivity contribution in [1.29, 1.82) is 0 Å². The lowest BCUT2D eigenvalue weighted by Crippen LogP contribution is -2.29. The van der Waals surface area contributed by atoms with E-state index in [-0.39, 0.29) is 17.8 Å². The lowest BCUT2D eigenvalue weighted by atomic mass is 10.0. The van der Waals surface area contributed by atoms with E-state index in [1.807, 2.05) is 26.0 Å². The largest absolute Gasteiger partial charge is 0.344 e. The molecule has 0 spiro atoms. The molecule has 5 rings (SSSR count). The van der Waals surface area contributed by atoms with E-state index in [0.29, 0.717) is 33.1 Å². The van der Waals surface area contributed by atoms with E-state index in [0.717, 1.165) is 36.5 Å². The molecule has 172 valence electrons. The van der Waals surface area contributed by atoms with E-state index in [4.69, 9.17) is 16.6 Å². The average molecular weight is 476 g/mol. The maximum atomic E-state index is 14.0. The van der Waals surface area contributed by atoms with Gasteiger partial charge in [-0.1, -0.05) is 11.6 Å². The number of carbonyl (C=O) groups excluding carboxylic acids is 1. The average Bonchev–Trinajstić information content (AvgIpc) is 2.83. The molecule has 2 aromatic heterocycles. The normalized spacial score (nSPS) is 14.1. The van der Waals surface area contributed by atoms with Crippen LogP contribution in [0.4, 0.5) is 15.9 Å². The minimum Gasteiger partial charge on any atom is -0.344 e. The topological polar surface area (TPSA) is 71.0 Å². The van der Waals surface area contributed by atoms with Crippen molar-refractivity contribution in [3.63, 3.8) is 0 Å². The summed E-state index contributed by atoms with van der Waals surface area (Å²) in [4.78, 5) is 28.7. The van der Waals surface area contributed by atoms with Crippen LogP contribution in [0.5, 0.6) is 0 Å². The summed E-state index contributed by atoms with van der Waals surface area (Å²) >= 11 is 5.92. The Morgan fingerprint density at radius 1 is 1.09 bits per heavy atom. The summed E-state index contributed by atoms with van der Waals surface area (Å²) < 4.78 is 14.0. The van der Waals surface area contributed by atoms with Crippen LogP contribution in [-0.2, 0) is 6.42 Å². The van der Waals surface area contributed by atoms with Crippen LogP contribution >= 0.6 is 11.6 Å². The summed E-state index contributed by atoms with van der Waals surface area (Å²) in [6.45, 7) is 4.50. The van der Waals surface area contributed by atoms with Gasteiger partial charge in [0, 0.05) is 22.5 Å². The summed E-state index contributed by atoms with van der Waals surface area (Å²) in [7, 11) is 0. The molecule has 1 aliphatic rings. The number of benzene rings is 2.